The Morgan fingerprint density at radius 3 is 2.70 bits per heavy atom. The summed E-state index contributed by atoms with van der Waals surface area (Å²) in [6.45, 7) is 0. The van der Waals surface area contributed by atoms with E-state index < -0.39 is 5.91 Å². The number of aromatic amines is 1. The van der Waals surface area contributed by atoms with Crippen LogP contribution >= 0.6 is 15.9 Å². The summed E-state index contributed by atoms with van der Waals surface area (Å²) in [7, 11) is 1.58. The molecule has 1 saturated carbocycles. The van der Waals surface area contributed by atoms with Crippen LogP contribution in [0.25, 0.3) is 11.3 Å². The van der Waals surface area contributed by atoms with Gasteiger partial charge in [0, 0.05) is 10.0 Å². The molecule has 1 aliphatic carbocycles. The van der Waals surface area contributed by atoms with Crippen LogP contribution in [0.2, 0.25) is 0 Å². The molecule has 1 amide bonds. The number of ether oxygens (including phenoxy) is 2. The first kappa shape index (κ1) is 15.8. The highest BCUT2D eigenvalue weighted by Gasteiger charge is 2.22. The van der Waals surface area contributed by atoms with E-state index in [4.69, 9.17) is 15.2 Å². The zero-order chi connectivity index (χ0) is 16.4. The van der Waals surface area contributed by atoms with E-state index >= 15 is 0 Å². The Hall–Kier alpha value is -2.09. The fourth-order valence-electron chi connectivity index (χ4n) is 2.74. The number of nitrogens with one attached hydrogen (secondary N) is 1. The smallest absolute Gasteiger partial charge is 0.271 e. The summed E-state index contributed by atoms with van der Waals surface area (Å²) in [4.78, 5) is 11.4. The van der Waals surface area contributed by atoms with Crippen molar-refractivity contribution in [3.05, 3.63) is 22.3 Å². The molecular formula is C15H17BrN4O3. The third-order valence-corrected chi connectivity index (χ3v) is 4.54. The molecule has 3 rings (SSSR count). The molecule has 122 valence electrons. The molecular weight excluding hydrogens is 364 g/mol. The molecule has 1 fully saturated rings. The van der Waals surface area contributed by atoms with E-state index in [2.05, 4.69) is 31.3 Å². The third kappa shape index (κ3) is 3.17. The molecule has 0 bridgehead atoms. The maximum atomic E-state index is 11.4. The standard InChI is InChI=1S/C15H17BrN4O3/c1-22-11-6-9(13-14(15(17)21)19-20-18-13)10(16)7-12(11)23-8-4-2-3-5-8/h6-8H,2-5H2,1H3,(H2,17,21)(H,18,19,20). The first-order chi connectivity index (χ1) is 11.1. The van der Waals surface area contributed by atoms with Gasteiger partial charge >= 0.3 is 0 Å². The number of carbonyl (C=O) groups is 1. The minimum Gasteiger partial charge on any atom is -0.493 e. The molecule has 1 aromatic carbocycles. The predicted molar refractivity (Wildman–Crippen MR) is 87.5 cm³/mol. The molecule has 0 unspecified atom stereocenters. The fraction of sp³-hybridized carbons (Fsp3) is 0.400. The highest BCUT2D eigenvalue weighted by atomic mass is 79.9. The summed E-state index contributed by atoms with van der Waals surface area (Å²) in [6, 6.07) is 3.59. The van der Waals surface area contributed by atoms with Crippen molar-refractivity contribution in [2.24, 2.45) is 5.73 Å². The number of primary amides is 1. The molecule has 0 saturated heterocycles. The normalized spacial score (nSPS) is 14.9. The van der Waals surface area contributed by atoms with E-state index in [1.54, 1.807) is 13.2 Å². The molecule has 7 nitrogen and oxygen atoms in total. The lowest BCUT2D eigenvalue weighted by atomic mass is 10.1. The summed E-state index contributed by atoms with van der Waals surface area (Å²) in [5.41, 5.74) is 6.43. The van der Waals surface area contributed by atoms with Crippen LogP contribution in [0.15, 0.2) is 16.6 Å². The Morgan fingerprint density at radius 2 is 2.04 bits per heavy atom. The van der Waals surface area contributed by atoms with Crippen molar-refractivity contribution in [2.45, 2.75) is 31.8 Å². The van der Waals surface area contributed by atoms with Gasteiger partial charge in [-0.2, -0.15) is 15.4 Å². The number of nitrogens with zero attached hydrogens (tertiary/aromatic N) is 2. The second-order valence-electron chi connectivity index (χ2n) is 5.39. The van der Waals surface area contributed by atoms with E-state index in [-0.39, 0.29) is 11.8 Å². The van der Waals surface area contributed by atoms with Crippen molar-refractivity contribution < 1.29 is 14.3 Å². The van der Waals surface area contributed by atoms with Crippen molar-refractivity contribution in [1.82, 2.24) is 15.4 Å². The quantitative estimate of drug-likeness (QED) is 0.829. The van der Waals surface area contributed by atoms with Gasteiger partial charge in [-0.1, -0.05) is 0 Å². The van der Waals surface area contributed by atoms with Gasteiger partial charge in [0.25, 0.3) is 5.91 Å². The van der Waals surface area contributed by atoms with Gasteiger partial charge in [-0.3, -0.25) is 4.79 Å². The lowest BCUT2D eigenvalue weighted by Gasteiger charge is -2.17. The van der Waals surface area contributed by atoms with Crippen molar-refractivity contribution in [1.29, 1.82) is 0 Å². The molecule has 1 aliphatic rings. The number of carbonyl (C=O) groups excluding carboxylic acids is 1. The van der Waals surface area contributed by atoms with Gasteiger partial charge in [-0.15, -0.1) is 0 Å². The van der Waals surface area contributed by atoms with Gasteiger partial charge in [-0.05, 0) is 53.7 Å². The lowest BCUT2D eigenvalue weighted by Crippen LogP contribution is -2.13. The van der Waals surface area contributed by atoms with Crippen LogP contribution in [0, 0.1) is 0 Å². The summed E-state index contributed by atoms with van der Waals surface area (Å²) in [5, 5.41) is 10.2. The third-order valence-electron chi connectivity index (χ3n) is 3.89. The number of methoxy groups -OCH3 is 1. The number of benzene rings is 1. The molecule has 0 spiro atoms. The predicted octanol–water partition coefficient (Wildman–Crippen LogP) is 2.66. The Bertz CT molecular complexity index is 726. The number of halogens is 1. The molecule has 23 heavy (non-hydrogen) atoms. The number of aromatic nitrogens is 3. The minimum absolute atomic E-state index is 0.0808. The van der Waals surface area contributed by atoms with Gasteiger partial charge in [0.1, 0.15) is 5.69 Å². The molecule has 1 heterocycles. The highest BCUT2D eigenvalue weighted by molar-refractivity contribution is 9.10. The van der Waals surface area contributed by atoms with Gasteiger partial charge in [-0.25, -0.2) is 0 Å². The van der Waals surface area contributed by atoms with Gasteiger partial charge in [0.15, 0.2) is 17.2 Å². The van der Waals surface area contributed by atoms with Crippen molar-refractivity contribution in [3.63, 3.8) is 0 Å². The van der Waals surface area contributed by atoms with Crippen LogP contribution in [-0.4, -0.2) is 34.5 Å². The summed E-state index contributed by atoms with van der Waals surface area (Å²) >= 11 is 3.50. The maximum absolute atomic E-state index is 11.4. The SMILES string of the molecule is COc1cc(-c2n[nH]nc2C(N)=O)c(Br)cc1OC1CCCC1. The van der Waals surface area contributed by atoms with E-state index in [0.717, 1.165) is 17.3 Å². The van der Waals surface area contributed by atoms with Gasteiger partial charge in [0.05, 0.1) is 13.2 Å². The number of hydrogen-bond acceptors (Lipinski definition) is 5. The number of hydrogen-bond donors (Lipinski definition) is 2. The summed E-state index contributed by atoms with van der Waals surface area (Å²) in [6.07, 6.45) is 4.70. The number of amides is 1. The average Bonchev–Trinajstić information content (AvgIpc) is 3.18. The largest absolute Gasteiger partial charge is 0.493 e. The van der Waals surface area contributed by atoms with E-state index in [1.165, 1.54) is 12.8 Å². The van der Waals surface area contributed by atoms with Crippen LogP contribution in [-0.2, 0) is 0 Å². The number of nitrogens with two attached hydrogens (primary N) is 1. The summed E-state index contributed by atoms with van der Waals surface area (Å²) in [5.74, 6) is 0.596. The molecule has 0 aliphatic heterocycles. The van der Waals surface area contributed by atoms with Crippen LogP contribution < -0.4 is 15.2 Å². The zero-order valence-corrected chi connectivity index (χ0v) is 14.2. The second-order valence-corrected chi connectivity index (χ2v) is 6.25. The van der Waals surface area contributed by atoms with Crippen molar-refractivity contribution >= 4 is 21.8 Å². The monoisotopic (exact) mass is 380 g/mol. The van der Waals surface area contributed by atoms with E-state index in [0.29, 0.717) is 22.8 Å². The molecule has 2 aromatic rings. The Kier molecular flexibility index (Phi) is 4.51. The minimum atomic E-state index is -0.647. The van der Waals surface area contributed by atoms with Crippen LogP contribution in [0.4, 0.5) is 0 Å². The summed E-state index contributed by atoms with van der Waals surface area (Å²) < 4.78 is 12.2. The van der Waals surface area contributed by atoms with Gasteiger partial charge < -0.3 is 15.2 Å². The van der Waals surface area contributed by atoms with Crippen LogP contribution in [0.1, 0.15) is 36.2 Å². The Balaban J connectivity index is 1.99. The lowest BCUT2D eigenvalue weighted by molar-refractivity contribution is 0.0996. The molecule has 3 N–H and O–H groups in total. The Labute approximate surface area is 141 Å². The first-order valence-corrected chi connectivity index (χ1v) is 8.14. The molecule has 1 aromatic heterocycles. The Morgan fingerprint density at radius 1 is 1.30 bits per heavy atom. The van der Waals surface area contributed by atoms with E-state index in [9.17, 15) is 4.79 Å². The number of rotatable bonds is 5. The zero-order valence-electron chi connectivity index (χ0n) is 12.6. The average molecular weight is 381 g/mol. The van der Waals surface area contributed by atoms with Gasteiger partial charge in [0.2, 0.25) is 0 Å². The van der Waals surface area contributed by atoms with Crippen molar-refractivity contribution in [2.75, 3.05) is 7.11 Å². The first-order valence-electron chi connectivity index (χ1n) is 7.35. The van der Waals surface area contributed by atoms with Crippen LogP contribution in [0.5, 0.6) is 11.5 Å². The second kappa shape index (κ2) is 6.57. The van der Waals surface area contributed by atoms with Crippen LogP contribution in [0.3, 0.4) is 0 Å². The maximum Gasteiger partial charge on any atom is 0.271 e. The molecule has 8 heteroatoms. The topological polar surface area (TPSA) is 103 Å². The highest BCUT2D eigenvalue weighted by Crippen LogP contribution is 2.40. The van der Waals surface area contributed by atoms with E-state index in [1.807, 2.05) is 6.07 Å². The molecule has 0 atom stereocenters. The van der Waals surface area contributed by atoms with Crippen molar-refractivity contribution in [3.8, 4) is 22.8 Å². The molecule has 0 radical (unpaired) electrons. The number of H-pyrrole nitrogens is 1. The fourth-order valence-corrected chi connectivity index (χ4v) is 3.25.